The Hall–Kier alpha value is -1.59. The van der Waals surface area contributed by atoms with Crippen LogP contribution in [0, 0.1) is 13.8 Å². The van der Waals surface area contributed by atoms with Crippen LogP contribution in [0.1, 0.15) is 27.7 Å². The van der Waals surface area contributed by atoms with E-state index in [0.29, 0.717) is 5.25 Å². The van der Waals surface area contributed by atoms with Crippen molar-refractivity contribution in [2.24, 2.45) is 0 Å². The Morgan fingerprint density at radius 1 is 1.23 bits per heavy atom. The molecule has 0 amide bonds. The van der Waals surface area contributed by atoms with Crippen LogP contribution in [0.3, 0.4) is 0 Å². The van der Waals surface area contributed by atoms with E-state index in [9.17, 15) is 4.79 Å². The molecule has 112 valence electrons. The molecule has 4 rings (SSSR count). The van der Waals surface area contributed by atoms with Crippen molar-refractivity contribution >= 4 is 33.3 Å². The number of thioether (sulfide) groups is 1. The number of thiophene rings is 1. The molecule has 0 fully saturated rings. The lowest BCUT2D eigenvalue weighted by molar-refractivity contribution is 0.537. The van der Waals surface area contributed by atoms with Gasteiger partial charge in [0.25, 0.3) is 5.56 Å². The average molecular weight is 328 g/mol. The average Bonchev–Trinajstić information content (AvgIpc) is 2.82. The normalized spacial score (nSPS) is 17.6. The number of aromatic nitrogens is 2. The summed E-state index contributed by atoms with van der Waals surface area (Å²) in [6.07, 6.45) is 0.969. The fourth-order valence-electron chi connectivity index (χ4n) is 2.93. The topological polar surface area (TPSA) is 34.9 Å². The van der Waals surface area contributed by atoms with Gasteiger partial charge in [0.05, 0.1) is 5.39 Å². The second-order valence-electron chi connectivity index (χ2n) is 5.62. The van der Waals surface area contributed by atoms with E-state index in [0.717, 1.165) is 33.9 Å². The Kier molecular flexibility index (Phi) is 3.35. The quantitative estimate of drug-likeness (QED) is 0.624. The summed E-state index contributed by atoms with van der Waals surface area (Å²) in [4.78, 5) is 19.6. The Labute approximate surface area is 137 Å². The molecule has 0 unspecified atom stereocenters. The highest BCUT2D eigenvalue weighted by Crippen LogP contribution is 2.41. The first-order valence-corrected chi connectivity index (χ1v) is 9.07. The lowest BCUT2D eigenvalue weighted by Crippen LogP contribution is -2.27. The van der Waals surface area contributed by atoms with Crippen LogP contribution < -0.4 is 5.56 Å². The van der Waals surface area contributed by atoms with E-state index < -0.39 is 0 Å². The Morgan fingerprint density at radius 3 is 2.77 bits per heavy atom. The largest absolute Gasteiger partial charge is 0.287 e. The van der Waals surface area contributed by atoms with Crippen LogP contribution in [-0.2, 0) is 6.54 Å². The van der Waals surface area contributed by atoms with Crippen molar-refractivity contribution in [3.63, 3.8) is 0 Å². The van der Waals surface area contributed by atoms with Gasteiger partial charge < -0.3 is 0 Å². The Bertz CT molecular complexity index is 912. The van der Waals surface area contributed by atoms with Crippen molar-refractivity contribution in [2.45, 2.75) is 37.2 Å². The van der Waals surface area contributed by atoms with Crippen molar-refractivity contribution in [2.75, 3.05) is 0 Å². The molecular formula is C17H16N2OS2. The molecule has 5 heteroatoms. The molecule has 0 aliphatic carbocycles. The molecule has 0 N–H and O–H groups in total. The Morgan fingerprint density at radius 2 is 2.00 bits per heavy atom. The monoisotopic (exact) mass is 328 g/mol. The number of benzene rings is 1. The highest BCUT2D eigenvalue weighted by Gasteiger charge is 2.25. The van der Waals surface area contributed by atoms with Gasteiger partial charge in [0.15, 0.2) is 5.16 Å². The van der Waals surface area contributed by atoms with E-state index in [4.69, 9.17) is 4.98 Å². The highest BCUT2D eigenvalue weighted by atomic mass is 32.2. The third-order valence-electron chi connectivity index (χ3n) is 4.29. The number of aryl methyl sites for hydroxylation is 2. The molecule has 2 aromatic heterocycles. The number of fused-ring (bicyclic) bond motifs is 2. The van der Waals surface area contributed by atoms with Crippen LogP contribution in [0.5, 0.6) is 0 Å². The van der Waals surface area contributed by atoms with E-state index >= 15 is 0 Å². The van der Waals surface area contributed by atoms with Gasteiger partial charge in [-0.05, 0) is 31.4 Å². The fourth-order valence-corrected chi connectivity index (χ4v) is 5.22. The summed E-state index contributed by atoms with van der Waals surface area (Å²) < 4.78 is 1.85. The van der Waals surface area contributed by atoms with Crippen molar-refractivity contribution in [3.8, 4) is 0 Å². The molecule has 0 bridgehead atoms. The molecule has 1 aromatic carbocycles. The van der Waals surface area contributed by atoms with Gasteiger partial charge >= 0.3 is 0 Å². The second-order valence-corrected chi connectivity index (χ2v) is 7.99. The van der Waals surface area contributed by atoms with Crippen molar-refractivity contribution < 1.29 is 0 Å². The number of rotatable bonds is 1. The van der Waals surface area contributed by atoms with Crippen molar-refractivity contribution in [1.29, 1.82) is 0 Å². The standard InChI is InChI=1S/C17H16N2OS2/c1-10-11(2)21-15-14(10)16(20)19-9-8-13(22-17(19)18-15)12-6-4-3-5-7-12/h3-7,13H,8-9H2,1-2H3/t13-/m1/s1. The minimum absolute atomic E-state index is 0.126. The zero-order chi connectivity index (χ0) is 15.3. The Balaban J connectivity index is 1.83. The van der Waals surface area contributed by atoms with E-state index in [1.165, 1.54) is 10.4 Å². The molecule has 3 nitrogen and oxygen atoms in total. The molecule has 0 saturated heterocycles. The minimum Gasteiger partial charge on any atom is -0.287 e. The molecule has 1 aliphatic heterocycles. The molecule has 1 atom stereocenters. The van der Waals surface area contributed by atoms with Crippen molar-refractivity contribution in [3.05, 3.63) is 56.7 Å². The number of hydrogen-bond donors (Lipinski definition) is 0. The van der Waals surface area contributed by atoms with E-state index in [1.807, 2.05) is 17.6 Å². The highest BCUT2D eigenvalue weighted by molar-refractivity contribution is 7.99. The first-order valence-electron chi connectivity index (χ1n) is 7.37. The van der Waals surface area contributed by atoms with Crippen molar-refractivity contribution in [1.82, 2.24) is 9.55 Å². The molecule has 1 aliphatic rings. The summed E-state index contributed by atoms with van der Waals surface area (Å²) in [5.41, 5.74) is 2.52. The molecule has 0 spiro atoms. The summed E-state index contributed by atoms with van der Waals surface area (Å²) in [7, 11) is 0. The van der Waals surface area contributed by atoms with Gasteiger partial charge in [-0.2, -0.15) is 0 Å². The van der Waals surface area contributed by atoms with Gasteiger partial charge in [0.2, 0.25) is 0 Å². The number of nitrogens with zero attached hydrogens (tertiary/aromatic N) is 2. The summed E-state index contributed by atoms with van der Waals surface area (Å²) in [5, 5.41) is 2.05. The van der Waals surface area contributed by atoms with Gasteiger partial charge in [-0.3, -0.25) is 9.36 Å². The zero-order valence-electron chi connectivity index (χ0n) is 12.5. The first-order chi connectivity index (χ1) is 10.6. The van der Waals surface area contributed by atoms with Crippen LogP contribution in [-0.4, -0.2) is 9.55 Å². The van der Waals surface area contributed by atoms with Gasteiger partial charge in [-0.25, -0.2) is 4.98 Å². The lowest BCUT2D eigenvalue weighted by atomic mass is 10.1. The summed E-state index contributed by atoms with van der Waals surface area (Å²) in [5.74, 6) is 0. The summed E-state index contributed by atoms with van der Waals surface area (Å²) in [6, 6.07) is 10.5. The van der Waals surface area contributed by atoms with E-state index in [1.54, 1.807) is 23.1 Å². The maximum absolute atomic E-state index is 12.8. The summed E-state index contributed by atoms with van der Waals surface area (Å²) in [6.45, 7) is 4.83. The maximum atomic E-state index is 12.8. The van der Waals surface area contributed by atoms with E-state index in [-0.39, 0.29) is 5.56 Å². The SMILES string of the molecule is Cc1sc2nc3n(c(=O)c2c1C)CC[C@H](c1ccccc1)S3. The predicted octanol–water partition coefficient (Wildman–Crippen LogP) is 4.31. The molecule has 22 heavy (non-hydrogen) atoms. The van der Waals surface area contributed by atoms with Crippen LogP contribution >= 0.6 is 23.1 Å². The van der Waals surface area contributed by atoms with Crippen LogP contribution in [0.2, 0.25) is 0 Å². The molecular weight excluding hydrogens is 312 g/mol. The summed E-state index contributed by atoms with van der Waals surface area (Å²) >= 11 is 3.34. The van der Waals surface area contributed by atoms with Gasteiger partial charge in [-0.1, -0.05) is 42.1 Å². The first kappa shape index (κ1) is 14.0. The molecule has 3 heterocycles. The van der Waals surface area contributed by atoms with Gasteiger partial charge in [0, 0.05) is 16.7 Å². The second kappa shape index (κ2) is 5.25. The van der Waals surface area contributed by atoms with Gasteiger partial charge in [-0.15, -0.1) is 11.3 Å². The third kappa shape index (κ3) is 2.11. The van der Waals surface area contributed by atoms with Crippen LogP contribution in [0.15, 0.2) is 40.3 Å². The van der Waals surface area contributed by atoms with Gasteiger partial charge in [0.1, 0.15) is 4.83 Å². The lowest BCUT2D eigenvalue weighted by Gasteiger charge is -2.24. The maximum Gasteiger partial charge on any atom is 0.263 e. The molecule has 0 saturated carbocycles. The smallest absolute Gasteiger partial charge is 0.263 e. The minimum atomic E-state index is 0.126. The third-order valence-corrected chi connectivity index (χ3v) is 6.70. The molecule has 0 radical (unpaired) electrons. The fraction of sp³-hybridized carbons (Fsp3) is 0.294. The zero-order valence-corrected chi connectivity index (χ0v) is 14.1. The number of hydrogen-bond acceptors (Lipinski definition) is 4. The van der Waals surface area contributed by atoms with Crippen LogP contribution in [0.25, 0.3) is 10.2 Å². The van der Waals surface area contributed by atoms with E-state index in [2.05, 4.69) is 31.2 Å². The van der Waals surface area contributed by atoms with Crippen LogP contribution in [0.4, 0.5) is 0 Å². The predicted molar refractivity (Wildman–Crippen MR) is 93.0 cm³/mol. The molecule has 3 aromatic rings.